The Labute approximate surface area is 182 Å². The lowest BCUT2D eigenvalue weighted by molar-refractivity contribution is 0.689. The second kappa shape index (κ2) is 8.31. The highest BCUT2D eigenvalue weighted by molar-refractivity contribution is 7.26. The molecular formula is C25H28N4S. The Kier molecular flexibility index (Phi) is 5.38. The van der Waals surface area contributed by atoms with Crippen LogP contribution in [0.15, 0.2) is 36.7 Å². The molecule has 5 rings (SSSR count). The zero-order valence-electron chi connectivity index (χ0n) is 17.8. The maximum atomic E-state index is 5.22. The van der Waals surface area contributed by atoms with Crippen molar-refractivity contribution in [3.8, 4) is 11.3 Å². The molecule has 1 aliphatic rings. The van der Waals surface area contributed by atoms with Crippen molar-refractivity contribution in [3.63, 3.8) is 0 Å². The van der Waals surface area contributed by atoms with Crippen LogP contribution in [-0.2, 0) is 12.8 Å². The first-order valence-corrected chi connectivity index (χ1v) is 12.0. The van der Waals surface area contributed by atoms with Crippen LogP contribution in [0.3, 0.4) is 0 Å². The van der Waals surface area contributed by atoms with Crippen molar-refractivity contribution < 1.29 is 0 Å². The van der Waals surface area contributed by atoms with Gasteiger partial charge in [0, 0.05) is 24.0 Å². The highest BCUT2D eigenvalue weighted by Crippen LogP contribution is 2.43. The number of thiophene rings is 1. The third kappa shape index (κ3) is 3.25. The van der Waals surface area contributed by atoms with Crippen LogP contribution in [0, 0.1) is 0 Å². The summed E-state index contributed by atoms with van der Waals surface area (Å²) in [5.74, 6) is 1.08. The zero-order chi connectivity index (χ0) is 20.5. The fraction of sp³-hybridized carbons (Fsp3) is 0.400. The number of rotatable bonds is 6. The van der Waals surface area contributed by atoms with Gasteiger partial charge in [0.25, 0.3) is 0 Å². The molecule has 0 spiro atoms. The van der Waals surface area contributed by atoms with Gasteiger partial charge in [-0.25, -0.2) is 15.0 Å². The summed E-state index contributed by atoms with van der Waals surface area (Å²) in [5.41, 5.74) is 6.39. The summed E-state index contributed by atoms with van der Waals surface area (Å²) in [5, 5.41) is 1.28. The number of aromatic nitrogens is 3. The van der Waals surface area contributed by atoms with E-state index in [4.69, 9.17) is 15.0 Å². The second-order valence-electron chi connectivity index (χ2n) is 8.13. The molecule has 0 radical (unpaired) electrons. The molecule has 4 nitrogen and oxygen atoms in total. The first-order chi connectivity index (χ1) is 14.8. The van der Waals surface area contributed by atoms with Crippen molar-refractivity contribution in [2.75, 3.05) is 18.0 Å². The molecular weight excluding hydrogens is 388 g/mol. The van der Waals surface area contributed by atoms with Gasteiger partial charge >= 0.3 is 0 Å². The fourth-order valence-electron chi connectivity index (χ4n) is 4.77. The molecule has 0 N–H and O–H groups in total. The van der Waals surface area contributed by atoms with Crippen LogP contribution < -0.4 is 4.90 Å². The van der Waals surface area contributed by atoms with Gasteiger partial charge in [-0.1, -0.05) is 44.2 Å². The van der Waals surface area contributed by atoms with Crippen molar-refractivity contribution in [1.29, 1.82) is 0 Å². The van der Waals surface area contributed by atoms with Gasteiger partial charge in [0.15, 0.2) is 0 Å². The van der Waals surface area contributed by atoms with E-state index < -0.39 is 0 Å². The van der Waals surface area contributed by atoms with Crippen LogP contribution in [0.2, 0.25) is 0 Å². The molecule has 1 aliphatic carbocycles. The smallest absolute Gasteiger partial charge is 0.150 e. The van der Waals surface area contributed by atoms with Gasteiger partial charge in [0.05, 0.1) is 15.9 Å². The second-order valence-corrected chi connectivity index (χ2v) is 9.13. The zero-order valence-corrected chi connectivity index (χ0v) is 18.6. The van der Waals surface area contributed by atoms with Crippen molar-refractivity contribution in [2.24, 2.45) is 0 Å². The molecule has 0 unspecified atom stereocenters. The minimum atomic E-state index is 1.02. The van der Waals surface area contributed by atoms with Crippen LogP contribution in [0.25, 0.3) is 31.7 Å². The van der Waals surface area contributed by atoms with E-state index >= 15 is 0 Å². The Morgan fingerprint density at radius 1 is 0.933 bits per heavy atom. The largest absolute Gasteiger partial charge is 0.355 e. The van der Waals surface area contributed by atoms with E-state index in [-0.39, 0.29) is 0 Å². The first-order valence-electron chi connectivity index (χ1n) is 11.2. The molecule has 1 aromatic carbocycles. The molecule has 5 heteroatoms. The molecule has 0 atom stereocenters. The average molecular weight is 417 g/mol. The van der Waals surface area contributed by atoms with E-state index in [9.17, 15) is 0 Å². The van der Waals surface area contributed by atoms with Crippen molar-refractivity contribution in [2.45, 2.75) is 52.4 Å². The Morgan fingerprint density at radius 3 is 2.40 bits per heavy atom. The van der Waals surface area contributed by atoms with Gasteiger partial charge in [-0.15, -0.1) is 11.3 Å². The highest BCUT2D eigenvalue weighted by atomic mass is 32.1. The van der Waals surface area contributed by atoms with Gasteiger partial charge < -0.3 is 4.90 Å². The summed E-state index contributed by atoms with van der Waals surface area (Å²) in [7, 11) is 0. The van der Waals surface area contributed by atoms with Crippen molar-refractivity contribution in [3.05, 3.63) is 47.8 Å². The Morgan fingerprint density at radius 2 is 1.67 bits per heavy atom. The van der Waals surface area contributed by atoms with Crippen LogP contribution in [0.5, 0.6) is 0 Å². The van der Waals surface area contributed by atoms with Crippen LogP contribution in [-0.4, -0.2) is 28.0 Å². The van der Waals surface area contributed by atoms with E-state index in [0.717, 1.165) is 60.6 Å². The van der Waals surface area contributed by atoms with E-state index in [1.807, 2.05) is 0 Å². The van der Waals surface area contributed by atoms with E-state index in [2.05, 4.69) is 49.1 Å². The maximum absolute atomic E-state index is 5.22. The van der Waals surface area contributed by atoms with Crippen molar-refractivity contribution >= 4 is 37.6 Å². The van der Waals surface area contributed by atoms with Crippen molar-refractivity contribution in [1.82, 2.24) is 15.0 Å². The number of anilines is 1. The molecule has 0 bridgehead atoms. The Balaban J connectivity index is 1.79. The number of benzene rings is 1. The number of hydrogen-bond acceptors (Lipinski definition) is 5. The third-order valence-electron chi connectivity index (χ3n) is 6.04. The monoisotopic (exact) mass is 416 g/mol. The summed E-state index contributed by atoms with van der Waals surface area (Å²) in [6, 6.07) is 10.7. The Bertz CT molecular complexity index is 1180. The lowest BCUT2D eigenvalue weighted by Crippen LogP contribution is -2.25. The minimum absolute atomic E-state index is 1.02. The number of aryl methyl sites for hydroxylation is 1. The third-order valence-corrected chi connectivity index (χ3v) is 7.11. The molecule has 0 amide bonds. The number of fused-ring (bicyclic) bond motifs is 5. The SMILES string of the molecule is CCCN(CCC)c1ncnc2c1sc1nc(-c3ccccc3)c3c(c12)CCCC3. The Hall–Kier alpha value is -2.53. The van der Waals surface area contributed by atoms with E-state index in [0.29, 0.717) is 0 Å². The predicted octanol–water partition coefficient (Wildman–Crippen LogP) is 6.41. The number of nitrogens with zero attached hydrogens (tertiary/aromatic N) is 4. The molecule has 0 fully saturated rings. The average Bonchev–Trinajstić information content (AvgIpc) is 3.18. The summed E-state index contributed by atoms with van der Waals surface area (Å²) in [6.07, 6.45) is 8.69. The molecule has 4 aromatic rings. The van der Waals surface area contributed by atoms with Gasteiger partial charge in [0.2, 0.25) is 0 Å². The molecule has 3 heterocycles. The van der Waals surface area contributed by atoms with Crippen LogP contribution in [0.4, 0.5) is 5.82 Å². The lowest BCUT2D eigenvalue weighted by atomic mass is 9.87. The normalized spacial score (nSPS) is 13.7. The molecule has 3 aromatic heterocycles. The van der Waals surface area contributed by atoms with Gasteiger partial charge in [-0.2, -0.15) is 0 Å². The van der Waals surface area contributed by atoms with Crippen LogP contribution in [0.1, 0.15) is 50.7 Å². The lowest BCUT2D eigenvalue weighted by Gasteiger charge is -2.22. The van der Waals surface area contributed by atoms with Crippen LogP contribution >= 0.6 is 11.3 Å². The summed E-state index contributed by atoms with van der Waals surface area (Å²) in [6.45, 7) is 6.51. The van der Waals surface area contributed by atoms with Gasteiger partial charge in [0.1, 0.15) is 17.0 Å². The van der Waals surface area contributed by atoms with E-state index in [1.54, 1.807) is 17.7 Å². The number of hydrogen-bond donors (Lipinski definition) is 0. The predicted molar refractivity (Wildman–Crippen MR) is 128 cm³/mol. The molecule has 0 aliphatic heterocycles. The highest BCUT2D eigenvalue weighted by Gasteiger charge is 2.24. The summed E-state index contributed by atoms with van der Waals surface area (Å²) < 4.78 is 1.19. The quantitative estimate of drug-likeness (QED) is 0.364. The maximum Gasteiger partial charge on any atom is 0.150 e. The van der Waals surface area contributed by atoms with Gasteiger partial charge in [-0.05, 0) is 49.7 Å². The number of pyridine rings is 1. The fourth-order valence-corrected chi connectivity index (χ4v) is 5.95. The minimum Gasteiger partial charge on any atom is -0.355 e. The summed E-state index contributed by atoms with van der Waals surface area (Å²) in [4.78, 5) is 18.3. The van der Waals surface area contributed by atoms with Gasteiger partial charge in [-0.3, -0.25) is 0 Å². The van der Waals surface area contributed by atoms with E-state index in [1.165, 1.54) is 39.6 Å². The molecule has 0 saturated heterocycles. The molecule has 0 saturated carbocycles. The first kappa shape index (κ1) is 19.4. The topological polar surface area (TPSA) is 41.9 Å². The molecule has 30 heavy (non-hydrogen) atoms. The standard InChI is InChI=1S/C25H28N4S/c1-3-14-29(15-4-2)24-23-22(26-16-27-24)20-18-12-8-9-13-19(18)21(28-25(20)30-23)17-10-6-5-7-11-17/h5-7,10-11,16H,3-4,8-9,12-15H2,1-2H3. The summed E-state index contributed by atoms with van der Waals surface area (Å²) >= 11 is 1.77. The molecule has 154 valence electrons.